The first-order valence-electron chi connectivity index (χ1n) is 9.31. The first-order chi connectivity index (χ1) is 13.7. The monoisotopic (exact) mass is 380 g/mol. The van der Waals surface area contributed by atoms with E-state index in [1.54, 1.807) is 13.2 Å². The van der Waals surface area contributed by atoms with Crippen molar-refractivity contribution in [2.75, 3.05) is 13.7 Å². The second-order valence-electron chi connectivity index (χ2n) is 6.31. The highest BCUT2D eigenvalue weighted by Gasteiger charge is 2.14. The Kier molecular flexibility index (Phi) is 6.68. The number of unbranched alkanes of at least 4 members (excludes halogenated alkanes) is 1. The SMILES string of the molecule is CCCCOc1ccc(CNC(=O)c2cc(-c3ccccc3)on2)cc1OC. The fourth-order valence-corrected chi connectivity index (χ4v) is 2.66. The van der Waals surface area contributed by atoms with Crippen molar-refractivity contribution in [1.82, 2.24) is 10.5 Å². The fourth-order valence-electron chi connectivity index (χ4n) is 2.66. The average molecular weight is 380 g/mol. The van der Waals surface area contributed by atoms with Gasteiger partial charge in [0.1, 0.15) is 0 Å². The Bertz CT molecular complexity index is 906. The van der Waals surface area contributed by atoms with Crippen LogP contribution in [0.15, 0.2) is 59.1 Å². The predicted octanol–water partition coefficient (Wildman–Crippen LogP) is 4.46. The van der Waals surface area contributed by atoms with Crippen molar-refractivity contribution < 1.29 is 18.8 Å². The van der Waals surface area contributed by atoms with E-state index in [0.717, 1.165) is 24.0 Å². The Hall–Kier alpha value is -3.28. The van der Waals surface area contributed by atoms with Gasteiger partial charge in [0.25, 0.3) is 5.91 Å². The van der Waals surface area contributed by atoms with Crippen LogP contribution < -0.4 is 14.8 Å². The number of carbonyl (C=O) groups excluding carboxylic acids is 1. The molecule has 2 aromatic carbocycles. The summed E-state index contributed by atoms with van der Waals surface area (Å²) in [5, 5.41) is 6.71. The van der Waals surface area contributed by atoms with E-state index in [1.807, 2.05) is 48.5 Å². The van der Waals surface area contributed by atoms with Crippen LogP contribution in [-0.4, -0.2) is 24.8 Å². The molecule has 146 valence electrons. The third-order valence-corrected chi connectivity index (χ3v) is 4.24. The van der Waals surface area contributed by atoms with E-state index in [0.29, 0.717) is 30.4 Å². The quantitative estimate of drug-likeness (QED) is 0.555. The zero-order chi connectivity index (χ0) is 19.8. The van der Waals surface area contributed by atoms with Gasteiger partial charge in [0.15, 0.2) is 23.0 Å². The van der Waals surface area contributed by atoms with Gasteiger partial charge in [0, 0.05) is 18.2 Å². The largest absolute Gasteiger partial charge is 0.493 e. The first kappa shape index (κ1) is 19.5. The average Bonchev–Trinajstić information content (AvgIpc) is 3.24. The molecule has 0 saturated heterocycles. The highest BCUT2D eigenvalue weighted by atomic mass is 16.5. The molecule has 0 radical (unpaired) electrons. The van der Waals surface area contributed by atoms with Gasteiger partial charge in [-0.2, -0.15) is 0 Å². The van der Waals surface area contributed by atoms with Crippen molar-refractivity contribution in [3.63, 3.8) is 0 Å². The van der Waals surface area contributed by atoms with E-state index in [1.165, 1.54) is 0 Å². The van der Waals surface area contributed by atoms with Gasteiger partial charge < -0.3 is 19.3 Å². The smallest absolute Gasteiger partial charge is 0.273 e. The zero-order valence-corrected chi connectivity index (χ0v) is 16.1. The Morgan fingerprint density at radius 1 is 1.11 bits per heavy atom. The van der Waals surface area contributed by atoms with Crippen molar-refractivity contribution in [2.45, 2.75) is 26.3 Å². The topological polar surface area (TPSA) is 73.6 Å². The standard InChI is InChI=1S/C22H24N2O4/c1-3-4-12-27-19-11-10-16(13-21(19)26-2)15-23-22(25)18-14-20(28-24-18)17-8-6-5-7-9-17/h5-11,13-14H,3-4,12,15H2,1-2H3,(H,23,25). The van der Waals surface area contributed by atoms with Crippen molar-refractivity contribution in [3.8, 4) is 22.8 Å². The van der Waals surface area contributed by atoms with Gasteiger partial charge in [-0.3, -0.25) is 4.79 Å². The summed E-state index contributed by atoms with van der Waals surface area (Å²) in [6, 6.07) is 16.8. The highest BCUT2D eigenvalue weighted by Crippen LogP contribution is 2.28. The number of nitrogens with zero attached hydrogens (tertiary/aromatic N) is 1. The molecular formula is C22H24N2O4. The molecule has 0 aliphatic carbocycles. The lowest BCUT2D eigenvalue weighted by atomic mass is 10.1. The molecule has 28 heavy (non-hydrogen) atoms. The van der Waals surface area contributed by atoms with Crippen LogP contribution in [0.3, 0.4) is 0 Å². The number of rotatable bonds is 9. The zero-order valence-electron chi connectivity index (χ0n) is 16.1. The lowest BCUT2D eigenvalue weighted by Crippen LogP contribution is -2.23. The maximum Gasteiger partial charge on any atom is 0.273 e. The molecule has 3 rings (SSSR count). The molecule has 0 fully saturated rings. The summed E-state index contributed by atoms with van der Waals surface area (Å²) in [5.41, 5.74) is 2.02. The van der Waals surface area contributed by atoms with Gasteiger partial charge in [-0.1, -0.05) is 54.9 Å². The van der Waals surface area contributed by atoms with E-state index < -0.39 is 0 Å². The maximum absolute atomic E-state index is 12.4. The molecule has 0 atom stereocenters. The Morgan fingerprint density at radius 3 is 2.68 bits per heavy atom. The van der Waals surface area contributed by atoms with Crippen LogP contribution in [0.1, 0.15) is 35.8 Å². The summed E-state index contributed by atoms with van der Waals surface area (Å²) in [6.07, 6.45) is 2.06. The fraction of sp³-hybridized carbons (Fsp3) is 0.273. The van der Waals surface area contributed by atoms with Gasteiger partial charge >= 0.3 is 0 Å². The number of hydrogen-bond donors (Lipinski definition) is 1. The molecule has 6 nitrogen and oxygen atoms in total. The van der Waals surface area contributed by atoms with Crippen molar-refractivity contribution in [2.24, 2.45) is 0 Å². The summed E-state index contributed by atoms with van der Waals surface area (Å²) in [5.74, 6) is 1.61. The van der Waals surface area contributed by atoms with Gasteiger partial charge in [0.2, 0.25) is 0 Å². The van der Waals surface area contributed by atoms with Crippen molar-refractivity contribution in [3.05, 3.63) is 65.9 Å². The number of nitrogens with one attached hydrogen (secondary N) is 1. The molecule has 1 amide bonds. The summed E-state index contributed by atoms with van der Waals surface area (Å²) in [6.45, 7) is 3.11. The van der Waals surface area contributed by atoms with E-state index in [4.69, 9.17) is 14.0 Å². The van der Waals surface area contributed by atoms with Crippen LogP contribution in [0, 0.1) is 0 Å². The minimum Gasteiger partial charge on any atom is -0.493 e. The van der Waals surface area contributed by atoms with E-state index in [-0.39, 0.29) is 11.6 Å². The lowest BCUT2D eigenvalue weighted by Gasteiger charge is -2.12. The highest BCUT2D eigenvalue weighted by molar-refractivity contribution is 5.93. The molecular weight excluding hydrogens is 356 g/mol. The molecule has 1 N–H and O–H groups in total. The van der Waals surface area contributed by atoms with Crippen LogP contribution in [0.2, 0.25) is 0 Å². The Balaban J connectivity index is 1.60. The number of carbonyl (C=O) groups is 1. The normalized spacial score (nSPS) is 10.5. The molecule has 0 unspecified atom stereocenters. The Labute approximate surface area is 164 Å². The molecule has 0 aliphatic heterocycles. The molecule has 0 spiro atoms. The van der Waals surface area contributed by atoms with E-state index in [2.05, 4.69) is 17.4 Å². The van der Waals surface area contributed by atoms with Crippen LogP contribution >= 0.6 is 0 Å². The Morgan fingerprint density at radius 2 is 1.93 bits per heavy atom. The minimum atomic E-state index is -0.298. The summed E-state index contributed by atoms with van der Waals surface area (Å²) >= 11 is 0. The molecule has 0 saturated carbocycles. The molecule has 3 aromatic rings. The molecule has 0 aliphatic rings. The molecule has 0 bridgehead atoms. The third kappa shape index (κ3) is 4.91. The summed E-state index contributed by atoms with van der Waals surface area (Å²) < 4.78 is 16.4. The summed E-state index contributed by atoms with van der Waals surface area (Å²) in [4.78, 5) is 12.4. The van der Waals surface area contributed by atoms with Gasteiger partial charge in [-0.15, -0.1) is 0 Å². The maximum atomic E-state index is 12.4. The van der Waals surface area contributed by atoms with E-state index >= 15 is 0 Å². The number of aromatic nitrogens is 1. The second kappa shape index (κ2) is 9.60. The van der Waals surface area contributed by atoms with Crippen LogP contribution in [-0.2, 0) is 6.54 Å². The lowest BCUT2D eigenvalue weighted by molar-refractivity contribution is 0.0942. The number of hydrogen-bond acceptors (Lipinski definition) is 5. The van der Waals surface area contributed by atoms with Gasteiger partial charge in [-0.25, -0.2) is 0 Å². The number of benzene rings is 2. The minimum absolute atomic E-state index is 0.241. The molecule has 6 heteroatoms. The van der Waals surface area contributed by atoms with E-state index in [9.17, 15) is 4.79 Å². The first-order valence-corrected chi connectivity index (χ1v) is 9.31. The summed E-state index contributed by atoms with van der Waals surface area (Å²) in [7, 11) is 1.60. The van der Waals surface area contributed by atoms with Crippen molar-refractivity contribution in [1.29, 1.82) is 0 Å². The third-order valence-electron chi connectivity index (χ3n) is 4.24. The number of amides is 1. The van der Waals surface area contributed by atoms with Crippen LogP contribution in [0.5, 0.6) is 11.5 Å². The van der Waals surface area contributed by atoms with Gasteiger partial charge in [-0.05, 0) is 24.1 Å². The number of ether oxygens (including phenoxy) is 2. The van der Waals surface area contributed by atoms with Crippen LogP contribution in [0.25, 0.3) is 11.3 Å². The second-order valence-corrected chi connectivity index (χ2v) is 6.31. The number of methoxy groups -OCH3 is 1. The molecule has 1 aromatic heterocycles. The van der Waals surface area contributed by atoms with Gasteiger partial charge in [0.05, 0.1) is 13.7 Å². The molecule has 1 heterocycles. The predicted molar refractivity (Wildman–Crippen MR) is 107 cm³/mol. The van der Waals surface area contributed by atoms with Crippen molar-refractivity contribution >= 4 is 5.91 Å². The van der Waals surface area contributed by atoms with Crippen LogP contribution in [0.4, 0.5) is 0 Å².